The third kappa shape index (κ3) is 4.86. The summed E-state index contributed by atoms with van der Waals surface area (Å²) in [6.07, 6.45) is 1.81. The van der Waals surface area contributed by atoms with Gasteiger partial charge in [0.1, 0.15) is 40.9 Å². The lowest BCUT2D eigenvalue weighted by molar-refractivity contribution is 0.146. The second kappa shape index (κ2) is 9.98. The zero-order valence-electron chi connectivity index (χ0n) is 14.6. The Morgan fingerprint density at radius 1 is 1.15 bits per heavy atom. The summed E-state index contributed by atoms with van der Waals surface area (Å²) in [6, 6.07) is 9.47. The predicted octanol–water partition coefficient (Wildman–Crippen LogP) is 2.50. The minimum absolute atomic E-state index is 0.0215. The van der Waals surface area contributed by atoms with Crippen molar-refractivity contribution in [2.24, 2.45) is 0 Å². The molecule has 0 radical (unpaired) electrons. The van der Waals surface area contributed by atoms with Gasteiger partial charge in [-0.1, -0.05) is 0 Å². The van der Waals surface area contributed by atoms with Crippen LogP contribution in [0.4, 0.5) is 5.82 Å². The minimum Gasteiger partial charge on any atom is -0.490 e. The molecule has 136 valence electrons. The molecule has 0 amide bonds. The van der Waals surface area contributed by atoms with Crippen molar-refractivity contribution >= 4 is 17.6 Å². The average Bonchev–Trinajstić information content (AvgIpc) is 2.68. The van der Waals surface area contributed by atoms with E-state index in [1.807, 2.05) is 12.1 Å². The van der Waals surface area contributed by atoms with Crippen molar-refractivity contribution in [1.29, 1.82) is 15.8 Å². The SMILES string of the molecule is COCCOc1ccc(-c2c(C#N)c(N)nc(SCCC#N)c2C#N)nc1. The third-order valence-corrected chi connectivity index (χ3v) is 4.39. The molecule has 2 rings (SSSR count). The quantitative estimate of drug-likeness (QED) is 0.539. The first-order valence-electron chi connectivity index (χ1n) is 7.87. The summed E-state index contributed by atoms with van der Waals surface area (Å²) in [7, 11) is 1.58. The molecule has 0 aliphatic heterocycles. The van der Waals surface area contributed by atoms with Crippen LogP contribution in [0.15, 0.2) is 23.4 Å². The molecule has 0 fully saturated rings. The molecular weight excluding hydrogens is 364 g/mol. The van der Waals surface area contributed by atoms with Gasteiger partial charge in [0.25, 0.3) is 0 Å². The Kier molecular flexibility index (Phi) is 7.39. The van der Waals surface area contributed by atoms with E-state index in [1.165, 1.54) is 18.0 Å². The predicted molar refractivity (Wildman–Crippen MR) is 99.6 cm³/mol. The minimum atomic E-state index is 0.0215. The number of nitrogens with two attached hydrogens (primary N) is 1. The Bertz CT molecular complexity index is 925. The summed E-state index contributed by atoms with van der Waals surface area (Å²) in [5.74, 6) is 1.02. The lowest BCUT2D eigenvalue weighted by Gasteiger charge is -2.12. The number of hydrogen-bond acceptors (Lipinski definition) is 9. The highest BCUT2D eigenvalue weighted by Gasteiger charge is 2.21. The van der Waals surface area contributed by atoms with Crippen molar-refractivity contribution in [2.45, 2.75) is 11.4 Å². The molecule has 0 bridgehead atoms. The van der Waals surface area contributed by atoms with E-state index in [1.54, 1.807) is 19.2 Å². The molecule has 0 saturated carbocycles. The van der Waals surface area contributed by atoms with Gasteiger partial charge < -0.3 is 15.2 Å². The number of rotatable bonds is 8. The standard InChI is InChI=1S/C18H16N6O2S/c1-25-6-7-26-12-3-4-15(23-11-12)16-13(9-20)17(22)24-18(14(16)10-21)27-8-2-5-19/h3-4,11H,2,6-8H2,1H3,(H2,22,24). The van der Waals surface area contributed by atoms with Gasteiger partial charge in [-0.05, 0) is 12.1 Å². The lowest BCUT2D eigenvalue weighted by atomic mass is 10.0. The summed E-state index contributed by atoms with van der Waals surface area (Å²) >= 11 is 1.24. The van der Waals surface area contributed by atoms with Crippen LogP contribution in [0.5, 0.6) is 5.75 Å². The molecule has 0 aromatic carbocycles. The van der Waals surface area contributed by atoms with Gasteiger partial charge in [-0.2, -0.15) is 15.8 Å². The molecule has 2 aromatic rings. The molecule has 0 atom stereocenters. The molecule has 0 unspecified atom stereocenters. The van der Waals surface area contributed by atoms with Crippen LogP contribution in [-0.2, 0) is 4.74 Å². The van der Waals surface area contributed by atoms with E-state index >= 15 is 0 Å². The Balaban J connectivity index is 2.46. The maximum Gasteiger partial charge on any atom is 0.143 e. The molecule has 0 aliphatic rings. The lowest BCUT2D eigenvalue weighted by Crippen LogP contribution is -2.05. The van der Waals surface area contributed by atoms with Gasteiger partial charge in [-0.15, -0.1) is 11.8 Å². The van der Waals surface area contributed by atoms with Crippen LogP contribution in [0.3, 0.4) is 0 Å². The number of nitrogens with zero attached hydrogens (tertiary/aromatic N) is 5. The van der Waals surface area contributed by atoms with Crippen molar-refractivity contribution in [3.63, 3.8) is 0 Å². The topological polar surface area (TPSA) is 142 Å². The van der Waals surface area contributed by atoms with Gasteiger partial charge in [-0.25, -0.2) is 4.98 Å². The van der Waals surface area contributed by atoms with Gasteiger partial charge in [0.05, 0.1) is 30.1 Å². The van der Waals surface area contributed by atoms with Gasteiger partial charge in [0, 0.05) is 24.8 Å². The van der Waals surface area contributed by atoms with Gasteiger partial charge >= 0.3 is 0 Å². The first-order chi connectivity index (χ1) is 13.2. The maximum absolute atomic E-state index is 9.64. The fraction of sp³-hybridized carbons (Fsp3) is 0.278. The van der Waals surface area contributed by atoms with Gasteiger partial charge in [0.15, 0.2) is 0 Å². The van der Waals surface area contributed by atoms with Gasteiger partial charge in [-0.3, -0.25) is 4.98 Å². The Labute approximate surface area is 161 Å². The molecule has 8 nitrogen and oxygen atoms in total. The van der Waals surface area contributed by atoms with Crippen LogP contribution in [0.1, 0.15) is 17.5 Å². The first kappa shape index (κ1) is 20.0. The highest BCUT2D eigenvalue weighted by atomic mass is 32.2. The number of nitrogen functional groups attached to an aromatic ring is 1. The number of thioether (sulfide) groups is 1. The summed E-state index contributed by atoms with van der Waals surface area (Å²) in [6.45, 7) is 0.829. The molecule has 27 heavy (non-hydrogen) atoms. The van der Waals surface area contributed by atoms with Gasteiger partial charge in [0.2, 0.25) is 0 Å². The summed E-state index contributed by atoms with van der Waals surface area (Å²) in [5, 5.41) is 28.2. The van der Waals surface area contributed by atoms with Crippen LogP contribution in [0, 0.1) is 34.0 Å². The Morgan fingerprint density at radius 2 is 1.93 bits per heavy atom. The summed E-state index contributed by atoms with van der Waals surface area (Å²) in [4.78, 5) is 8.47. The number of pyridine rings is 2. The van der Waals surface area contributed by atoms with E-state index in [4.69, 9.17) is 20.5 Å². The second-order valence-electron chi connectivity index (χ2n) is 5.13. The first-order valence-corrected chi connectivity index (χ1v) is 8.86. The van der Waals surface area contributed by atoms with Crippen molar-refractivity contribution in [3.05, 3.63) is 29.5 Å². The van der Waals surface area contributed by atoms with Crippen LogP contribution < -0.4 is 10.5 Å². The van der Waals surface area contributed by atoms with E-state index in [0.29, 0.717) is 47.4 Å². The highest BCUT2D eigenvalue weighted by Crippen LogP contribution is 2.35. The van der Waals surface area contributed by atoms with Crippen LogP contribution in [-0.4, -0.2) is 36.0 Å². The smallest absolute Gasteiger partial charge is 0.143 e. The number of anilines is 1. The Hall–Kier alpha value is -3.32. The summed E-state index contributed by atoms with van der Waals surface area (Å²) < 4.78 is 10.4. The number of aromatic nitrogens is 2. The maximum atomic E-state index is 9.64. The molecule has 2 heterocycles. The number of methoxy groups -OCH3 is 1. The molecule has 2 aromatic heterocycles. The van der Waals surface area contributed by atoms with E-state index in [9.17, 15) is 10.5 Å². The number of hydrogen-bond donors (Lipinski definition) is 1. The molecule has 0 spiro atoms. The third-order valence-electron chi connectivity index (χ3n) is 3.42. The molecule has 2 N–H and O–H groups in total. The van der Waals surface area contributed by atoms with Crippen LogP contribution in [0.2, 0.25) is 0 Å². The van der Waals surface area contributed by atoms with Crippen LogP contribution in [0.25, 0.3) is 11.3 Å². The molecular formula is C18H16N6O2S. The summed E-state index contributed by atoms with van der Waals surface area (Å²) in [5.41, 5.74) is 6.97. The number of nitriles is 3. The van der Waals surface area contributed by atoms with E-state index in [0.717, 1.165) is 0 Å². The average molecular weight is 380 g/mol. The molecule has 0 saturated heterocycles. The van der Waals surface area contributed by atoms with Crippen molar-refractivity contribution < 1.29 is 9.47 Å². The zero-order chi connectivity index (χ0) is 19.6. The van der Waals surface area contributed by atoms with E-state index in [-0.39, 0.29) is 16.9 Å². The monoisotopic (exact) mass is 380 g/mol. The van der Waals surface area contributed by atoms with Crippen molar-refractivity contribution in [2.75, 3.05) is 31.8 Å². The van der Waals surface area contributed by atoms with E-state index < -0.39 is 0 Å². The second-order valence-corrected chi connectivity index (χ2v) is 6.21. The Morgan fingerprint density at radius 3 is 2.52 bits per heavy atom. The van der Waals surface area contributed by atoms with E-state index in [2.05, 4.69) is 16.0 Å². The fourth-order valence-electron chi connectivity index (χ4n) is 2.21. The largest absolute Gasteiger partial charge is 0.490 e. The normalized spacial score (nSPS) is 9.85. The molecule has 0 aliphatic carbocycles. The highest BCUT2D eigenvalue weighted by molar-refractivity contribution is 7.99. The van der Waals surface area contributed by atoms with Crippen molar-refractivity contribution in [3.8, 4) is 35.2 Å². The fourth-order valence-corrected chi connectivity index (χ4v) is 3.05. The van der Waals surface area contributed by atoms with Crippen molar-refractivity contribution in [1.82, 2.24) is 9.97 Å². The molecule has 9 heteroatoms. The zero-order valence-corrected chi connectivity index (χ0v) is 15.4. The van der Waals surface area contributed by atoms with Crippen LogP contribution >= 0.6 is 11.8 Å². The number of ether oxygens (including phenoxy) is 2.